The normalized spacial score (nSPS) is 16.9. The van der Waals surface area contributed by atoms with Gasteiger partial charge < -0.3 is 28.6 Å². The summed E-state index contributed by atoms with van der Waals surface area (Å²) >= 11 is 0. The van der Waals surface area contributed by atoms with Crippen LogP contribution in [0.3, 0.4) is 0 Å². The van der Waals surface area contributed by atoms with Gasteiger partial charge in [-0.1, -0.05) is 13.3 Å². The smallest absolute Gasteiger partial charge is 0.102 e. The van der Waals surface area contributed by atoms with Crippen LogP contribution in [-0.4, -0.2) is 77.3 Å². The summed E-state index contributed by atoms with van der Waals surface area (Å²) in [7, 11) is 3.90. The van der Waals surface area contributed by atoms with Crippen LogP contribution < -0.4 is 5.11 Å². The number of carboxylic acids is 1. The maximum Gasteiger partial charge on any atom is 0.102 e. The van der Waals surface area contributed by atoms with E-state index in [9.17, 15) is 9.90 Å². The number of ether oxygens (including phenoxy) is 3. The van der Waals surface area contributed by atoms with Gasteiger partial charge in [0.15, 0.2) is 0 Å². The van der Waals surface area contributed by atoms with Gasteiger partial charge in [0, 0.05) is 19.5 Å². The van der Waals surface area contributed by atoms with E-state index < -0.39 is 5.97 Å². The van der Waals surface area contributed by atoms with Gasteiger partial charge in [-0.2, -0.15) is 0 Å². The average Bonchev–Trinajstić information content (AvgIpc) is 2.46. The molecular weight excluding hydrogens is 274 g/mol. The zero-order valence-corrected chi connectivity index (χ0v) is 13.8. The van der Waals surface area contributed by atoms with E-state index in [0.29, 0.717) is 13.2 Å². The van der Waals surface area contributed by atoms with Gasteiger partial charge in [-0.25, -0.2) is 0 Å². The van der Waals surface area contributed by atoms with Crippen molar-refractivity contribution >= 4 is 5.97 Å². The van der Waals surface area contributed by atoms with Crippen LogP contribution >= 0.6 is 0 Å². The molecule has 1 saturated heterocycles. The molecule has 0 aromatic rings. The Morgan fingerprint density at radius 2 is 1.90 bits per heavy atom. The summed E-state index contributed by atoms with van der Waals surface area (Å²) in [5.74, 6) is -1.09. The molecule has 0 bridgehead atoms. The lowest BCUT2D eigenvalue weighted by Gasteiger charge is -2.37. The summed E-state index contributed by atoms with van der Waals surface area (Å²) in [6.45, 7) is 9.05. The maximum absolute atomic E-state index is 9.81. The molecule has 0 radical (unpaired) electrons. The van der Waals surface area contributed by atoms with Crippen LogP contribution in [0.1, 0.15) is 26.2 Å². The van der Waals surface area contributed by atoms with Gasteiger partial charge in [-0.05, 0) is 6.42 Å². The fraction of sp³-hybridized carbons (Fsp3) is 0.933. The third kappa shape index (κ3) is 12.7. The summed E-state index contributed by atoms with van der Waals surface area (Å²) in [5.41, 5.74) is 0. The Morgan fingerprint density at radius 1 is 1.24 bits per heavy atom. The fourth-order valence-corrected chi connectivity index (χ4v) is 1.95. The largest absolute Gasteiger partial charge is 0.550 e. The zero-order chi connectivity index (χ0) is 16.0. The lowest BCUT2D eigenvalue weighted by molar-refractivity contribution is -0.917. The molecule has 126 valence electrons. The van der Waals surface area contributed by atoms with Crippen molar-refractivity contribution in [2.24, 2.45) is 0 Å². The van der Waals surface area contributed by atoms with Gasteiger partial charge in [-0.3, -0.25) is 0 Å². The number of hydrogen-bond acceptors (Lipinski definition) is 5. The molecule has 0 aromatic carbocycles. The lowest BCUT2D eigenvalue weighted by atomic mass is 10.2. The number of aliphatic carboxylic acids is 1. The molecule has 6 heteroatoms. The number of likely N-dealkylation sites (N-methyl/N-ethyl adjacent to an activating group) is 1. The summed E-state index contributed by atoms with van der Waals surface area (Å²) < 4.78 is 16.1. The number of rotatable bonds is 9. The molecule has 1 heterocycles. The van der Waals surface area contributed by atoms with Crippen molar-refractivity contribution in [3.05, 3.63) is 0 Å². The summed E-state index contributed by atoms with van der Waals surface area (Å²) in [4.78, 5) is 9.81. The van der Waals surface area contributed by atoms with E-state index in [2.05, 4.69) is 18.7 Å². The molecule has 1 aliphatic heterocycles. The first-order chi connectivity index (χ1) is 10.0. The molecule has 0 unspecified atom stereocenters. The number of quaternary nitrogens is 1. The first kappa shape index (κ1) is 20.3. The van der Waals surface area contributed by atoms with Crippen molar-refractivity contribution in [3.8, 4) is 0 Å². The van der Waals surface area contributed by atoms with Crippen LogP contribution in [-0.2, 0) is 19.0 Å². The van der Waals surface area contributed by atoms with E-state index in [1.165, 1.54) is 37.0 Å². The Hall–Kier alpha value is -0.690. The third-order valence-corrected chi connectivity index (χ3v) is 3.48. The monoisotopic (exact) mass is 305 g/mol. The van der Waals surface area contributed by atoms with E-state index in [0.717, 1.165) is 13.2 Å². The highest BCUT2D eigenvalue weighted by Gasteiger charge is 2.23. The Bertz CT molecular complexity index is 254. The predicted molar refractivity (Wildman–Crippen MR) is 78.8 cm³/mol. The molecule has 1 rings (SSSR count). The highest BCUT2D eigenvalue weighted by Crippen LogP contribution is 2.08. The number of methoxy groups -OCH3 is 1. The van der Waals surface area contributed by atoms with Crippen molar-refractivity contribution in [1.82, 2.24) is 0 Å². The zero-order valence-electron chi connectivity index (χ0n) is 13.8. The van der Waals surface area contributed by atoms with Crippen molar-refractivity contribution < 1.29 is 28.6 Å². The van der Waals surface area contributed by atoms with Gasteiger partial charge in [0.2, 0.25) is 0 Å². The molecule has 0 aliphatic carbocycles. The van der Waals surface area contributed by atoms with Gasteiger partial charge in [0.25, 0.3) is 0 Å². The molecule has 0 aromatic heterocycles. The Labute approximate surface area is 128 Å². The van der Waals surface area contributed by atoms with Crippen LogP contribution in [0, 0.1) is 0 Å². The summed E-state index contributed by atoms with van der Waals surface area (Å²) in [5, 5.41) is 9.81. The number of carbonyl (C=O) groups is 1. The number of carbonyl (C=O) groups excluding carboxylic acids is 1. The summed E-state index contributed by atoms with van der Waals surface area (Å²) in [6, 6.07) is 0. The highest BCUT2D eigenvalue weighted by molar-refractivity contribution is 5.64. The van der Waals surface area contributed by atoms with Crippen LogP contribution in [0.4, 0.5) is 0 Å². The van der Waals surface area contributed by atoms with E-state index in [4.69, 9.17) is 9.47 Å². The van der Waals surface area contributed by atoms with Gasteiger partial charge >= 0.3 is 0 Å². The quantitative estimate of drug-likeness (QED) is 0.445. The average molecular weight is 305 g/mol. The van der Waals surface area contributed by atoms with Crippen LogP contribution in [0.5, 0.6) is 0 Å². The maximum atomic E-state index is 9.81. The first-order valence-corrected chi connectivity index (χ1v) is 7.72. The molecular formula is C15H31NO5. The number of hydrogen-bond donors (Lipinski definition) is 0. The Kier molecular flexibility index (Phi) is 12.6. The second kappa shape index (κ2) is 13.0. The van der Waals surface area contributed by atoms with Gasteiger partial charge in [0.05, 0.1) is 46.6 Å². The molecule has 0 atom stereocenters. The molecule has 6 nitrogen and oxygen atoms in total. The predicted octanol–water partition coefficient (Wildman–Crippen LogP) is 0.0527. The molecule has 0 N–H and O–H groups in total. The van der Waals surface area contributed by atoms with E-state index >= 15 is 0 Å². The molecule has 0 spiro atoms. The minimum Gasteiger partial charge on any atom is -0.550 e. The van der Waals surface area contributed by atoms with Crippen molar-refractivity contribution in [1.29, 1.82) is 0 Å². The van der Waals surface area contributed by atoms with Crippen molar-refractivity contribution in [2.45, 2.75) is 26.2 Å². The number of morpholine rings is 1. The van der Waals surface area contributed by atoms with E-state index in [1.807, 2.05) is 0 Å². The Balaban J connectivity index is 0.000000384. The Morgan fingerprint density at radius 3 is 2.43 bits per heavy atom. The molecule has 1 aliphatic rings. The molecule has 1 fully saturated rings. The van der Waals surface area contributed by atoms with Crippen LogP contribution in [0.2, 0.25) is 0 Å². The SMILES string of the molecule is CCCC[N+]1(C)CCOCC1.COCCOCCC(=O)[O-]. The van der Waals surface area contributed by atoms with Crippen molar-refractivity contribution in [2.75, 3.05) is 66.8 Å². The van der Waals surface area contributed by atoms with E-state index in [-0.39, 0.29) is 13.0 Å². The fourth-order valence-electron chi connectivity index (χ4n) is 1.95. The van der Waals surface area contributed by atoms with Crippen molar-refractivity contribution in [3.63, 3.8) is 0 Å². The molecule has 21 heavy (non-hydrogen) atoms. The van der Waals surface area contributed by atoms with E-state index in [1.54, 1.807) is 7.11 Å². The minimum atomic E-state index is -1.09. The number of nitrogens with zero attached hydrogens (tertiary/aromatic N) is 1. The van der Waals surface area contributed by atoms with Crippen LogP contribution in [0.15, 0.2) is 0 Å². The first-order valence-electron chi connectivity index (χ1n) is 7.72. The number of carboxylic acid groups (broad SMARTS) is 1. The van der Waals surface area contributed by atoms with Gasteiger partial charge in [0.1, 0.15) is 13.1 Å². The summed E-state index contributed by atoms with van der Waals surface area (Å²) in [6.07, 6.45) is 2.62. The molecule has 0 saturated carbocycles. The second-order valence-electron chi connectivity index (χ2n) is 5.48. The lowest BCUT2D eigenvalue weighted by Crippen LogP contribution is -2.52. The topological polar surface area (TPSA) is 67.8 Å². The standard InChI is InChI=1S/C9H20NO.C6H12O4/c1-3-4-5-10(2)6-8-11-9-7-10;1-9-4-5-10-3-2-6(7)8/h3-9H2,1-2H3;2-5H2,1H3,(H,7,8)/q+1;/p-1. The second-order valence-corrected chi connectivity index (χ2v) is 5.48. The highest BCUT2D eigenvalue weighted by atomic mass is 16.5. The minimum absolute atomic E-state index is 0.0519. The van der Waals surface area contributed by atoms with Crippen LogP contribution in [0.25, 0.3) is 0 Å². The number of unbranched alkanes of at least 4 members (excludes halogenated alkanes) is 1. The van der Waals surface area contributed by atoms with Gasteiger partial charge in [-0.15, -0.1) is 0 Å². The third-order valence-electron chi connectivity index (χ3n) is 3.48. The molecule has 0 amide bonds.